The van der Waals surface area contributed by atoms with E-state index in [9.17, 15) is 22.0 Å². The molecular formula is C15H15F2N3O3S. The molecular weight excluding hydrogens is 340 g/mol. The number of nitrogens with one attached hydrogen (secondary N) is 2. The Hall–Kier alpha value is -2.39. The van der Waals surface area contributed by atoms with Crippen molar-refractivity contribution in [3.05, 3.63) is 65.5 Å². The van der Waals surface area contributed by atoms with Gasteiger partial charge < -0.3 is 5.32 Å². The van der Waals surface area contributed by atoms with Gasteiger partial charge in [-0.15, -0.1) is 0 Å². The molecule has 0 aliphatic carbocycles. The number of sulfonamides is 1. The number of hydrogen-bond donors (Lipinski definition) is 2. The van der Waals surface area contributed by atoms with E-state index in [2.05, 4.69) is 15.0 Å². The molecule has 0 unspecified atom stereocenters. The number of benzene rings is 1. The van der Waals surface area contributed by atoms with Gasteiger partial charge in [0, 0.05) is 31.0 Å². The molecule has 1 amide bonds. The predicted octanol–water partition coefficient (Wildman–Crippen LogP) is 1.21. The smallest absolute Gasteiger partial charge is 0.251 e. The molecule has 24 heavy (non-hydrogen) atoms. The van der Waals surface area contributed by atoms with Crippen LogP contribution in [0.15, 0.2) is 42.7 Å². The van der Waals surface area contributed by atoms with Gasteiger partial charge >= 0.3 is 0 Å². The first kappa shape index (κ1) is 18.0. The molecule has 1 aromatic carbocycles. The SMILES string of the molecule is O=C(NCCS(=O)(=O)NCc1cccnc1)c1ccc(F)c(F)c1. The van der Waals surface area contributed by atoms with Crippen LogP contribution >= 0.6 is 0 Å². The monoisotopic (exact) mass is 355 g/mol. The molecule has 0 atom stereocenters. The molecule has 0 saturated heterocycles. The fraction of sp³-hybridized carbons (Fsp3) is 0.200. The minimum atomic E-state index is -3.60. The summed E-state index contributed by atoms with van der Waals surface area (Å²) in [4.78, 5) is 15.6. The van der Waals surface area contributed by atoms with Gasteiger partial charge in [0.15, 0.2) is 11.6 Å². The standard InChI is InChI=1S/C15H15F2N3O3S/c16-13-4-3-12(8-14(13)17)15(21)19-6-7-24(22,23)20-10-11-2-1-5-18-9-11/h1-5,8-9,20H,6-7,10H2,(H,19,21). The quantitative estimate of drug-likeness (QED) is 0.781. The van der Waals surface area contributed by atoms with Crippen molar-refractivity contribution in [2.75, 3.05) is 12.3 Å². The highest BCUT2D eigenvalue weighted by molar-refractivity contribution is 7.89. The summed E-state index contributed by atoms with van der Waals surface area (Å²) in [5, 5.41) is 2.34. The molecule has 1 aromatic heterocycles. The van der Waals surface area contributed by atoms with Gasteiger partial charge in [-0.1, -0.05) is 6.07 Å². The van der Waals surface area contributed by atoms with E-state index in [1.165, 1.54) is 6.20 Å². The molecule has 0 aliphatic heterocycles. The van der Waals surface area contributed by atoms with Crippen molar-refractivity contribution in [1.29, 1.82) is 0 Å². The molecule has 0 fully saturated rings. The van der Waals surface area contributed by atoms with E-state index >= 15 is 0 Å². The summed E-state index contributed by atoms with van der Waals surface area (Å²) in [6.45, 7) is -0.0759. The van der Waals surface area contributed by atoms with Crippen LogP contribution in [0.2, 0.25) is 0 Å². The van der Waals surface area contributed by atoms with Crippen molar-refractivity contribution in [1.82, 2.24) is 15.0 Å². The molecule has 1 heterocycles. The van der Waals surface area contributed by atoms with Crippen LogP contribution in [0, 0.1) is 11.6 Å². The zero-order chi connectivity index (χ0) is 17.6. The molecule has 9 heteroatoms. The fourth-order valence-corrected chi connectivity index (χ4v) is 2.71. The number of aromatic nitrogens is 1. The van der Waals surface area contributed by atoms with Crippen molar-refractivity contribution in [3.8, 4) is 0 Å². The first-order chi connectivity index (χ1) is 11.4. The van der Waals surface area contributed by atoms with E-state index in [1.54, 1.807) is 18.3 Å². The first-order valence-electron chi connectivity index (χ1n) is 6.97. The highest BCUT2D eigenvalue weighted by Gasteiger charge is 2.13. The molecule has 0 aliphatic rings. The van der Waals surface area contributed by atoms with Gasteiger partial charge in [-0.2, -0.15) is 0 Å². The maximum absolute atomic E-state index is 13.0. The van der Waals surface area contributed by atoms with Gasteiger partial charge in [-0.3, -0.25) is 9.78 Å². The summed E-state index contributed by atoms with van der Waals surface area (Å²) in [6, 6.07) is 6.10. The average molecular weight is 355 g/mol. The number of carbonyl (C=O) groups excluding carboxylic acids is 1. The third-order valence-corrected chi connectivity index (χ3v) is 4.38. The van der Waals surface area contributed by atoms with Gasteiger partial charge in [0.05, 0.1) is 5.75 Å². The molecule has 0 spiro atoms. The van der Waals surface area contributed by atoms with Crippen LogP contribution in [-0.2, 0) is 16.6 Å². The molecule has 2 N–H and O–H groups in total. The first-order valence-corrected chi connectivity index (χ1v) is 8.62. The van der Waals surface area contributed by atoms with Gasteiger partial charge in [0.1, 0.15) is 0 Å². The van der Waals surface area contributed by atoms with Crippen LogP contribution in [0.5, 0.6) is 0 Å². The van der Waals surface area contributed by atoms with Crippen molar-refractivity contribution in [2.45, 2.75) is 6.54 Å². The lowest BCUT2D eigenvalue weighted by Gasteiger charge is -2.08. The zero-order valence-corrected chi connectivity index (χ0v) is 13.3. The van der Waals surface area contributed by atoms with E-state index in [-0.39, 0.29) is 24.4 Å². The van der Waals surface area contributed by atoms with Crippen LogP contribution in [0.3, 0.4) is 0 Å². The van der Waals surface area contributed by atoms with E-state index in [1.807, 2.05) is 0 Å². The van der Waals surface area contributed by atoms with Gasteiger partial charge in [-0.05, 0) is 29.8 Å². The normalized spacial score (nSPS) is 11.2. The minimum absolute atomic E-state index is 0.0883. The Bertz CT molecular complexity index is 814. The molecule has 128 valence electrons. The van der Waals surface area contributed by atoms with Crippen LogP contribution in [-0.4, -0.2) is 31.6 Å². The van der Waals surface area contributed by atoms with E-state index in [0.29, 0.717) is 5.56 Å². The van der Waals surface area contributed by atoms with E-state index in [4.69, 9.17) is 0 Å². The topological polar surface area (TPSA) is 88.2 Å². The summed E-state index contributed by atoms with van der Waals surface area (Å²) in [7, 11) is -3.60. The molecule has 6 nitrogen and oxygen atoms in total. The Balaban J connectivity index is 1.81. The van der Waals surface area contributed by atoms with Crippen LogP contribution in [0.4, 0.5) is 8.78 Å². The Morgan fingerprint density at radius 1 is 1.17 bits per heavy atom. The van der Waals surface area contributed by atoms with E-state index in [0.717, 1.165) is 18.2 Å². The number of hydrogen-bond acceptors (Lipinski definition) is 4. The number of carbonyl (C=O) groups is 1. The molecule has 0 bridgehead atoms. The second-order valence-corrected chi connectivity index (χ2v) is 6.81. The third-order valence-electron chi connectivity index (χ3n) is 3.06. The van der Waals surface area contributed by atoms with Crippen molar-refractivity contribution in [2.24, 2.45) is 0 Å². The lowest BCUT2D eigenvalue weighted by atomic mass is 10.2. The van der Waals surface area contributed by atoms with Crippen molar-refractivity contribution in [3.63, 3.8) is 0 Å². The molecule has 0 saturated carbocycles. The second-order valence-electron chi connectivity index (χ2n) is 4.89. The van der Waals surface area contributed by atoms with Crippen molar-refractivity contribution < 1.29 is 22.0 Å². The Morgan fingerprint density at radius 3 is 2.62 bits per heavy atom. The summed E-state index contributed by atoms with van der Waals surface area (Å²) >= 11 is 0. The number of halogens is 2. The fourth-order valence-electron chi connectivity index (χ4n) is 1.81. The predicted molar refractivity (Wildman–Crippen MR) is 83.6 cm³/mol. The van der Waals surface area contributed by atoms with Crippen molar-refractivity contribution >= 4 is 15.9 Å². The van der Waals surface area contributed by atoms with Crippen LogP contribution in [0.25, 0.3) is 0 Å². The Labute approximate surface area is 138 Å². The lowest BCUT2D eigenvalue weighted by Crippen LogP contribution is -2.34. The molecule has 2 aromatic rings. The number of rotatable bonds is 7. The second kappa shape index (κ2) is 7.93. The maximum Gasteiger partial charge on any atom is 0.251 e. The largest absolute Gasteiger partial charge is 0.351 e. The Kier molecular flexibility index (Phi) is 5.93. The van der Waals surface area contributed by atoms with Gasteiger partial charge in [0.2, 0.25) is 10.0 Å². The average Bonchev–Trinajstić information content (AvgIpc) is 2.56. The Morgan fingerprint density at radius 2 is 1.96 bits per heavy atom. The summed E-state index contributed by atoms with van der Waals surface area (Å²) < 4.78 is 51.9. The number of amides is 1. The molecule has 0 radical (unpaired) electrons. The zero-order valence-electron chi connectivity index (χ0n) is 12.5. The number of nitrogens with zero attached hydrogens (tertiary/aromatic N) is 1. The summed E-state index contributed by atoms with van der Waals surface area (Å²) in [5.41, 5.74) is 0.613. The lowest BCUT2D eigenvalue weighted by molar-refractivity contribution is 0.0955. The summed E-state index contributed by atoms with van der Waals surface area (Å²) in [5.74, 6) is -3.23. The third kappa shape index (κ3) is 5.36. The van der Waals surface area contributed by atoms with Crippen LogP contribution < -0.4 is 10.0 Å². The minimum Gasteiger partial charge on any atom is -0.351 e. The highest BCUT2D eigenvalue weighted by atomic mass is 32.2. The highest BCUT2D eigenvalue weighted by Crippen LogP contribution is 2.08. The van der Waals surface area contributed by atoms with E-state index < -0.39 is 27.6 Å². The summed E-state index contributed by atoms with van der Waals surface area (Å²) in [6.07, 6.45) is 3.11. The number of pyridine rings is 1. The molecule has 2 rings (SSSR count). The van der Waals surface area contributed by atoms with Crippen LogP contribution in [0.1, 0.15) is 15.9 Å². The van der Waals surface area contributed by atoms with Gasteiger partial charge in [0.25, 0.3) is 5.91 Å². The maximum atomic E-state index is 13.0. The van der Waals surface area contributed by atoms with Gasteiger partial charge in [-0.25, -0.2) is 21.9 Å².